The van der Waals surface area contributed by atoms with E-state index in [9.17, 15) is 15.0 Å². The number of benzene rings is 1. The predicted octanol–water partition coefficient (Wildman–Crippen LogP) is 3.18. The van der Waals surface area contributed by atoms with Crippen LogP contribution in [0.1, 0.15) is 45.6 Å². The summed E-state index contributed by atoms with van der Waals surface area (Å²) < 4.78 is 0. The summed E-state index contributed by atoms with van der Waals surface area (Å²) in [5.74, 6) is -0.847. The average Bonchev–Trinajstić information content (AvgIpc) is 2.29. The first-order chi connectivity index (χ1) is 8.32. The zero-order valence-electron chi connectivity index (χ0n) is 11.3. The zero-order chi connectivity index (χ0) is 13.8. The first-order valence-electron chi connectivity index (χ1n) is 6.33. The highest BCUT2D eigenvalue weighted by Crippen LogP contribution is 2.38. The molecule has 0 aliphatic heterocycles. The molecule has 0 aliphatic carbocycles. The zero-order valence-corrected chi connectivity index (χ0v) is 11.3. The summed E-state index contributed by atoms with van der Waals surface area (Å²) >= 11 is 0. The van der Waals surface area contributed by atoms with Crippen LogP contribution in [0.5, 0.6) is 0 Å². The average molecular weight is 250 g/mol. The van der Waals surface area contributed by atoms with Gasteiger partial charge < -0.3 is 10.2 Å². The third-order valence-corrected chi connectivity index (χ3v) is 3.45. The van der Waals surface area contributed by atoms with Gasteiger partial charge in [0.25, 0.3) is 0 Å². The van der Waals surface area contributed by atoms with Crippen molar-refractivity contribution in [3.05, 3.63) is 35.9 Å². The molecule has 100 valence electrons. The van der Waals surface area contributed by atoms with Crippen LogP contribution >= 0.6 is 0 Å². The molecular weight excluding hydrogens is 228 g/mol. The molecule has 0 radical (unpaired) electrons. The molecule has 0 saturated heterocycles. The van der Waals surface area contributed by atoms with Gasteiger partial charge in [-0.3, -0.25) is 4.79 Å². The van der Waals surface area contributed by atoms with Crippen molar-refractivity contribution >= 4 is 5.97 Å². The lowest BCUT2D eigenvalue weighted by atomic mass is 9.74. The summed E-state index contributed by atoms with van der Waals surface area (Å²) in [5.41, 5.74) is -1.26. The molecule has 2 unspecified atom stereocenters. The Morgan fingerprint density at radius 2 is 1.78 bits per heavy atom. The molecule has 0 bridgehead atoms. The number of hydrogen-bond acceptors (Lipinski definition) is 2. The van der Waals surface area contributed by atoms with E-state index in [4.69, 9.17) is 0 Å². The maximum atomic E-state index is 11.4. The Kier molecular flexibility index (Phi) is 4.52. The van der Waals surface area contributed by atoms with Gasteiger partial charge in [-0.15, -0.1) is 0 Å². The Morgan fingerprint density at radius 1 is 1.22 bits per heavy atom. The van der Waals surface area contributed by atoms with Crippen molar-refractivity contribution in [1.29, 1.82) is 0 Å². The van der Waals surface area contributed by atoms with Crippen molar-refractivity contribution in [3.63, 3.8) is 0 Å². The van der Waals surface area contributed by atoms with E-state index in [1.165, 1.54) is 0 Å². The first-order valence-corrected chi connectivity index (χ1v) is 6.33. The molecule has 0 aromatic heterocycles. The summed E-state index contributed by atoms with van der Waals surface area (Å²) in [7, 11) is 0. The molecule has 0 amide bonds. The second kappa shape index (κ2) is 5.53. The molecule has 1 aromatic carbocycles. The van der Waals surface area contributed by atoms with Gasteiger partial charge in [0, 0.05) is 0 Å². The van der Waals surface area contributed by atoms with E-state index in [2.05, 4.69) is 0 Å². The molecular formula is C15H22O3. The normalized spacial score (nSPS) is 17.8. The monoisotopic (exact) mass is 250 g/mol. The fourth-order valence-electron chi connectivity index (χ4n) is 2.48. The van der Waals surface area contributed by atoms with E-state index in [0.717, 1.165) is 12.0 Å². The van der Waals surface area contributed by atoms with Crippen molar-refractivity contribution in [2.45, 2.75) is 45.6 Å². The molecule has 0 fully saturated rings. The molecule has 3 heteroatoms. The van der Waals surface area contributed by atoms with E-state index in [-0.39, 0.29) is 6.42 Å². The van der Waals surface area contributed by atoms with Crippen molar-refractivity contribution in [1.82, 2.24) is 0 Å². The first kappa shape index (κ1) is 14.7. The lowest BCUT2D eigenvalue weighted by molar-refractivity contribution is -0.152. The number of hydrogen-bond donors (Lipinski definition) is 2. The third kappa shape index (κ3) is 3.33. The van der Waals surface area contributed by atoms with E-state index < -0.39 is 17.0 Å². The maximum Gasteiger partial charge on any atom is 0.309 e. The Morgan fingerprint density at radius 3 is 2.22 bits per heavy atom. The summed E-state index contributed by atoms with van der Waals surface area (Å²) in [6, 6.07) is 9.23. The van der Waals surface area contributed by atoms with Gasteiger partial charge in [0.1, 0.15) is 0 Å². The summed E-state index contributed by atoms with van der Waals surface area (Å²) in [4.78, 5) is 11.4. The number of carbonyl (C=O) groups is 1. The molecule has 18 heavy (non-hydrogen) atoms. The minimum absolute atomic E-state index is 0.215. The largest absolute Gasteiger partial charge is 0.481 e. The van der Waals surface area contributed by atoms with Crippen molar-refractivity contribution in [2.75, 3.05) is 0 Å². The van der Waals surface area contributed by atoms with Crippen molar-refractivity contribution in [2.24, 2.45) is 5.41 Å². The van der Waals surface area contributed by atoms with Crippen LogP contribution in [-0.4, -0.2) is 16.2 Å². The molecule has 3 nitrogen and oxygen atoms in total. The van der Waals surface area contributed by atoms with Crippen molar-refractivity contribution in [3.8, 4) is 0 Å². The van der Waals surface area contributed by atoms with E-state index in [0.29, 0.717) is 6.42 Å². The van der Waals surface area contributed by atoms with Crippen LogP contribution in [0.2, 0.25) is 0 Å². The van der Waals surface area contributed by atoms with Gasteiger partial charge in [0.05, 0.1) is 11.0 Å². The molecule has 2 N–H and O–H groups in total. The maximum absolute atomic E-state index is 11.4. The summed E-state index contributed by atoms with van der Waals surface area (Å²) in [5, 5.41) is 19.9. The Balaban J connectivity index is 2.96. The molecule has 0 heterocycles. The molecule has 1 aromatic rings. The lowest BCUT2D eigenvalue weighted by Crippen LogP contribution is -2.36. The fourth-order valence-corrected chi connectivity index (χ4v) is 2.48. The van der Waals surface area contributed by atoms with E-state index in [1.54, 1.807) is 13.8 Å². The highest BCUT2D eigenvalue weighted by Gasteiger charge is 2.40. The highest BCUT2D eigenvalue weighted by atomic mass is 16.4. The van der Waals surface area contributed by atoms with Gasteiger partial charge in [0.2, 0.25) is 0 Å². The predicted molar refractivity (Wildman–Crippen MR) is 71.3 cm³/mol. The molecule has 0 saturated carbocycles. The Labute approximate surface area is 108 Å². The van der Waals surface area contributed by atoms with Gasteiger partial charge in [-0.25, -0.2) is 0 Å². The molecule has 2 atom stereocenters. The minimum Gasteiger partial charge on any atom is -0.481 e. The summed E-state index contributed by atoms with van der Waals surface area (Å²) in [6.07, 6.45) is 1.56. The van der Waals surface area contributed by atoms with Gasteiger partial charge in [-0.2, -0.15) is 0 Å². The lowest BCUT2D eigenvalue weighted by Gasteiger charge is -2.33. The van der Waals surface area contributed by atoms with Crippen LogP contribution in [0.3, 0.4) is 0 Å². The number of aliphatic hydroxyl groups is 1. The smallest absolute Gasteiger partial charge is 0.309 e. The van der Waals surface area contributed by atoms with Crippen LogP contribution in [-0.2, 0) is 10.4 Å². The van der Waals surface area contributed by atoms with Crippen LogP contribution in [0.15, 0.2) is 30.3 Å². The Hall–Kier alpha value is -1.35. The van der Waals surface area contributed by atoms with Gasteiger partial charge >= 0.3 is 5.97 Å². The van der Waals surface area contributed by atoms with E-state index in [1.807, 2.05) is 37.3 Å². The van der Waals surface area contributed by atoms with Gasteiger partial charge in [0.15, 0.2) is 0 Å². The van der Waals surface area contributed by atoms with E-state index >= 15 is 0 Å². The SMILES string of the molecule is CCCC(C)(CC(C)(O)c1ccccc1)C(=O)O. The second-order valence-electron chi connectivity index (χ2n) is 5.43. The number of aliphatic carboxylic acids is 1. The van der Waals surface area contributed by atoms with Gasteiger partial charge in [-0.1, -0.05) is 43.7 Å². The van der Waals surface area contributed by atoms with Crippen LogP contribution < -0.4 is 0 Å². The third-order valence-electron chi connectivity index (χ3n) is 3.45. The molecule has 0 aliphatic rings. The number of carboxylic acids is 1. The highest BCUT2D eigenvalue weighted by molar-refractivity contribution is 5.74. The minimum atomic E-state index is -1.12. The van der Waals surface area contributed by atoms with Crippen LogP contribution in [0.25, 0.3) is 0 Å². The quantitative estimate of drug-likeness (QED) is 0.815. The van der Waals surface area contributed by atoms with Gasteiger partial charge in [-0.05, 0) is 32.3 Å². The second-order valence-corrected chi connectivity index (χ2v) is 5.43. The van der Waals surface area contributed by atoms with Crippen LogP contribution in [0.4, 0.5) is 0 Å². The topological polar surface area (TPSA) is 57.5 Å². The molecule has 0 spiro atoms. The van der Waals surface area contributed by atoms with Crippen LogP contribution in [0, 0.1) is 5.41 Å². The fraction of sp³-hybridized carbons (Fsp3) is 0.533. The number of carboxylic acid groups (broad SMARTS) is 1. The summed E-state index contributed by atoms with van der Waals surface area (Å²) in [6.45, 7) is 5.34. The standard InChI is InChI=1S/C15H22O3/c1-4-10-14(2,13(16)17)11-15(3,18)12-8-6-5-7-9-12/h5-9,18H,4,10-11H2,1-3H3,(H,16,17). The number of rotatable bonds is 6. The molecule has 1 rings (SSSR count). The Bertz CT molecular complexity index is 397. The van der Waals surface area contributed by atoms with Crippen molar-refractivity contribution < 1.29 is 15.0 Å².